The Bertz CT molecular complexity index is 455. The number of benzene rings is 1. The van der Waals surface area contributed by atoms with Gasteiger partial charge in [-0.3, -0.25) is 0 Å². The van der Waals surface area contributed by atoms with E-state index >= 15 is 0 Å². The van der Waals surface area contributed by atoms with Crippen LogP contribution in [0.15, 0.2) is 12.1 Å². The highest BCUT2D eigenvalue weighted by Gasteiger charge is 2.19. The molecule has 0 aliphatic rings. The number of halogens is 1. The van der Waals surface area contributed by atoms with E-state index in [-0.39, 0.29) is 11.3 Å². The van der Waals surface area contributed by atoms with Gasteiger partial charge in [0.15, 0.2) is 0 Å². The molecule has 5 nitrogen and oxygen atoms in total. The van der Waals surface area contributed by atoms with Crippen LogP contribution in [0.3, 0.4) is 0 Å². The Morgan fingerprint density at radius 2 is 1.53 bits per heavy atom. The van der Waals surface area contributed by atoms with Crippen LogP contribution >= 0.6 is 22.6 Å². The fourth-order valence-corrected chi connectivity index (χ4v) is 1.95. The Morgan fingerprint density at radius 1 is 1.00 bits per heavy atom. The normalized spacial score (nSPS) is 9.65. The number of hydrogen-bond acceptors (Lipinski definition) is 5. The average Bonchev–Trinajstić information content (AvgIpc) is 2.36. The molecular formula is C11H11IO5. The first-order valence-corrected chi connectivity index (χ1v) is 5.67. The van der Waals surface area contributed by atoms with Gasteiger partial charge in [0.1, 0.15) is 11.3 Å². The van der Waals surface area contributed by atoms with Gasteiger partial charge in [-0.15, -0.1) is 0 Å². The lowest BCUT2D eigenvalue weighted by Gasteiger charge is -2.10. The van der Waals surface area contributed by atoms with Crippen LogP contribution in [-0.4, -0.2) is 33.3 Å². The number of esters is 2. The minimum Gasteiger partial charge on any atom is -0.496 e. The smallest absolute Gasteiger partial charge is 0.341 e. The van der Waals surface area contributed by atoms with E-state index in [2.05, 4.69) is 9.47 Å². The maximum atomic E-state index is 11.5. The number of rotatable bonds is 3. The molecule has 0 heterocycles. The third-order valence-electron chi connectivity index (χ3n) is 2.10. The summed E-state index contributed by atoms with van der Waals surface area (Å²) >= 11 is 1.94. The van der Waals surface area contributed by atoms with Gasteiger partial charge >= 0.3 is 11.9 Å². The first-order chi connectivity index (χ1) is 8.04. The van der Waals surface area contributed by atoms with E-state index in [1.807, 2.05) is 22.6 Å². The van der Waals surface area contributed by atoms with Crippen molar-refractivity contribution >= 4 is 34.5 Å². The quantitative estimate of drug-likeness (QED) is 0.615. The third kappa shape index (κ3) is 2.87. The summed E-state index contributed by atoms with van der Waals surface area (Å²) in [4.78, 5) is 22.9. The van der Waals surface area contributed by atoms with E-state index in [0.717, 1.165) is 0 Å². The summed E-state index contributed by atoms with van der Waals surface area (Å²) in [6.07, 6.45) is 0. The molecule has 0 atom stereocenters. The molecule has 0 aromatic heterocycles. The van der Waals surface area contributed by atoms with E-state index in [1.54, 1.807) is 0 Å². The van der Waals surface area contributed by atoms with Crippen LogP contribution in [0.4, 0.5) is 0 Å². The number of carbonyl (C=O) groups excluding carboxylic acids is 2. The fourth-order valence-electron chi connectivity index (χ4n) is 1.26. The van der Waals surface area contributed by atoms with E-state index in [1.165, 1.54) is 33.5 Å². The summed E-state index contributed by atoms with van der Waals surface area (Å²) < 4.78 is 14.9. The van der Waals surface area contributed by atoms with Crippen molar-refractivity contribution < 1.29 is 23.8 Å². The van der Waals surface area contributed by atoms with E-state index in [0.29, 0.717) is 9.13 Å². The molecule has 0 aliphatic carbocycles. The predicted octanol–water partition coefficient (Wildman–Crippen LogP) is 1.87. The predicted molar refractivity (Wildman–Crippen MR) is 68.4 cm³/mol. The SMILES string of the molecule is COC(=O)c1cc(OC)c(C(=O)OC)cc1I. The van der Waals surface area contributed by atoms with Crippen LogP contribution in [0.25, 0.3) is 0 Å². The van der Waals surface area contributed by atoms with E-state index in [4.69, 9.17) is 4.74 Å². The maximum absolute atomic E-state index is 11.5. The van der Waals surface area contributed by atoms with Gasteiger partial charge in [-0.2, -0.15) is 0 Å². The molecule has 92 valence electrons. The van der Waals surface area contributed by atoms with Crippen LogP contribution in [0.2, 0.25) is 0 Å². The van der Waals surface area contributed by atoms with Gasteiger partial charge in [0, 0.05) is 3.57 Å². The number of methoxy groups -OCH3 is 3. The van der Waals surface area contributed by atoms with Gasteiger partial charge in [-0.05, 0) is 34.7 Å². The summed E-state index contributed by atoms with van der Waals surface area (Å²) in [5, 5.41) is 0. The van der Waals surface area contributed by atoms with E-state index < -0.39 is 11.9 Å². The van der Waals surface area contributed by atoms with Crippen LogP contribution in [0, 0.1) is 3.57 Å². The molecule has 0 amide bonds. The van der Waals surface area contributed by atoms with Crippen molar-refractivity contribution in [3.8, 4) is 5.75 Å². The Balaban J connectivity index is 3.34. The molecule has 0 fully saturated rings. The summed E-state index contributed by atoms with van der Waals surface area (Å²) in [5.41, 5.74) is 0.615. The second kappa shape index (κ2) is 5.85. The van der Waals surface area contributed by atoms with Crippen molar-refractivity contribution in [1.29, 1.82) is 0 Å². The van der Waals surface area contributed by atoms with Gasteiger partial charge in [0.05, 0.1) is 26.9 Å². The number of hydrogen-bond donors (Lipinski definition) is 0. The van der Waals surface area contributed by atoms with Crippen LogP contribution < -0.4 is 4.74 Å². The molecule has 1 aromatic rings. The topological polar surface area (TPSA) is 61.8 Å². The summed E-state index contributed by atoms with van der Waals surface area (Å²) in [6.45, 7) is 0. The Morgan fingerprint density at radius 3 is 2.00 bits per heavy atom. The van der Waals surface area contributed by atoms with Gasteiger partial charge in [0.2, 0.25) is 0 Å². The molecule has 0 saturated heterocycles. The maximum Gasteiger partial charge on any atom is 0.341 e. The highest BCUT2D eigenvalue weighted by atomic mass is 127. The molecule has 0 spiro atoms. The third-order valence-corrected chi connectivity index (χ3v) is 2.99. The molecule has 1 aromatic carbocycles. The minimum atomic E-state index is -0.517. The largest absolute Gasteiger partial charge is 0.496 e. The zero-order valence-corrected chi connectivity index (χ0v) is 11.7. The molecule has 1 rings (SSSR count). The lowest BCUT2D eigenvalue weighted by molar-refractivity contribution is 0.0582. The molecule has 0 aliphatic heterocycles. The van der Waals surface area contributed by atoms with Crippen molar-refractivity contribution in [3.05, 3.63) is 26.8 Å². The Hall–Kier alpha value is -1.31. The average molecular weight is 350 g/mol. The minimum absolute atomic E-state index is 0.270. The summed E-state index contributed by atoms with van der Waals surface area (Å²) in [6, 6.07) is 2.98. The van der Waals surface area contributed by atoms with Crippen LogP contribution in [-0.2, 0) is 9.47 Å². The first-order valence-electron chi connectivity index (χ1n) is 4.59. The fraction of sp³-hybridized carbons (Fsp3) is 0.273. The zero-order valence-electron chi connectivity index (χ0n) is 9.57. The van der Waals surface area contributed by atoms with Crippen molar-refractivity contribution in [2.24, 2.45) is 0 Å². The molecule has 17 heavy (non-hydrogen) atoms. The van der Waals surface area contributed by atoms with Crippen LogP contribution in [0.1, 0.15) is 20.7 Å². The number of ether oxygens (including phenoxy) is 3. The Kier molecular flexibility index (Phi) is 4.73. The highest BCUT2D eigenvalue weighted by Crippen LogP contribution is 2.26. The second-order valence-corrected chi connectivity index (χ2v) is 4.18. The van der Waals surface area contributed by atoms with Gasteiger partial charge < -0.3 is 14.2 Å². The highest BCUT2D eigenvalue weighted by molar-refractivity contribution is 14.1. The van der Waals surface area contributed by atoms with Crippen molar-refractivity contribution in [2.75, 3.05) is 21.3 Å². The van der Waals surface area contributed by atoms with Gasteiger partial charge in [0.25, 0.3) is 0 Å². The molecular weight excluding hydrogens is 339 g/mol. The zero-order chi connectivity index (χ0) is 13.0. The lowest BCUT2D eigenvalue weighted by Crippen LogP contribution is -2.09. The lowest BCUT2D eigenvalue weighted by atomic mass is 10.1. The molecule has 0 unspecified atom stereocenters. The standard InChI is InChI=1S/C11H11IO5/c1-15-9-5-6(10(13)16-2)8(12)4-7(9)11(14)17-3/h4-5H,1-3H3. The molecule has 0 saturated carbocycles. The number of carbonyl (C=O) groups is 2. The summed E-state index contributed by atoms with van der Waals surface area (Å²) in [7, 11) is 3.98. The molecule has 0 bridgehead atoms. The first kappa shape index (κ1) is 13.8. The molecule has 0 radical (unpaired) electrons. The molecule has 0 N–H and O–H groups in total. The molecule has 6 heteroatoms. The van der Waals surface area contributed by atoms with E-state index in [9.17, 15) is 9.59 Å². The summed E-state index contributed by atoms with van der Waals surface area (Å²) in [5.74, 6) is -0.724. The monoisotopic (exact) mass is 350 g/mol. The van der Waals surface area contributed by atoms with Gasteiger partial charge in [-0.1, -0.05) is 0 Å². The van der Waals surface area contributed by atoms with Crippen molar-refractivity contribution in [2.45, 2.75) is 0 Å². The second-order valence-electron chi connectivity index (χ2n) is 3.02. The Labute approximate surface area is 112 Å². The van der Waals surface area contributed by atoms with Gasteiger partial charge in [-0.25, -0.2) is 9.59 Å². The van der Waals surface area contributed by atoms with Crippen LogP contribution in [0.5, 0.6) is 5.75 Å². The van der Waals surface area contributed by atoms with Crippen molar-refractivity contribution in [3.63, 3.8) is 0 Å². The van der Waals surface area contributed by atoms with Crippen molar-refractivity contribution in [1.82, 2.24) is 0 Å².